The molecule has 0 amide bonds. The molecule has 138 valence electrons. The maximum Gasteiger partial charge on any atom is 0.282 e. The number of ether oxygens (including phenoxy) is 1. The van der Waals surface area contributed by atoms with Gasteiger partial charge in [0.25, 0.3) is 10.2 Å². The Bertz CT molecular complexity index is 612. The van der Waals surface area contributed by atoms with Crippen molar-refractivity contribution in [2.45, 2.75) is 25.8 Å². The van der Waals surface area contributed by atoms with Crippen LogP contribution in [0.2, 0.25) is 0 Å². The first-order valence-electron chi connectivity index (χ1n) is 8.09. The average Bonchev–Trinajstić information content (AvgIpc) is 2.59. The van der Waals surface area contributed by atoms with Gasteiger partial charge in [0.05, 0.1) is 13.2 Å². The van der Waals surface area contributed by atoms with Crippen LogP contribution in [0.15, 0.2) is 24.3 Å². The predicted molar refractivity (Wildman–Crippen MR) is 99.0 cm³/mol. The highest BCUT2D eigenvalue weighted by molar-refractivity contribution is 7.86. The Morgan fingerprint density at radius 3 is 2.75 bits per heavy atom. The van der Waals surface area contributed by atoms with Crippen LogP contribution < -0.4 is 10.1 Å². The molecule has 0 radical (unpaired) electrons. The lowest BCUT2D eigenvalue weighted by atomic mass is 10.0. The maximum atomic E-state index is 13.0. The number of hydrogen-bond donors (Lipinski definition) is 1. The lowest BCUT2D eigenvalue weighted by Crippen LogP contribution is -2.52. The first-order chi connectivity index (χ1) is 11.0. The minimum Gasteiger partial charge on any atom is -0.496 e. The van der Waals surface area contributed by atoms with Crippen molar-refractivity contribution >= 4 is 22.6 Å². The second-order valence-corrected chi connectivity index (χ2v) is 7.74. The first kappa shape index (κ1) is 21.2. The summed E-state index contributed by atoms with van der Waals surface area (Å²) in [6.45, 7) is 4.31. The molecule has 1 unspecified atom stereocenters. The minimum atomic E-state index is -3.49. The van der Waals surface area contributed by atoms with E-state index in [1.807, 2.05) is 24.3 Å². The summed E-state index contributed by atoms with van der Waals surface area (Å²) in [4.78, 5) is 0. The standard InChI is InChI=1S/C16H27N3O3S.ClH/c1-4-5-11-18(2)23(20,21)19-12-10-17-13-15(19)14-8-6-7-9-16(14)22-3;/h6-9,15,17H,4-5,10-13H2,1-3H3;1H. The van der Waals surface area contributed by atoms with Crippen molar-refractivity contribution in [2.24, 2.45) is 0 Å². The Balaban J connectivity index is 0.00000288. The number of methoxy groups -OCH3 is 1. The Hall–Kier alpha value is -0.860. The molecule has 1 saturated heterocycles. The van der Waals surface area contributed by atoms with Crippen LogP contribution in [0.4, 0.5) is 0 Å². The zero-order valence-electron chi connectivity index (χ0n) is 14.6. The van der Waals surface area contributed by atoms with Crippen LogP contribution >= 0.6 is 12.4 Å². The third-order valence-electron chi connectivity index (χ3n) is 4.21. The van der Waals surface area contributed by atoms with Crippen LogP contribution in [0, 0.1) is 0 Å². The molecule has 1 aliphatic rings. The molecule has 0 bridgehead atoms. The molecule has 24 heavy (non-hydrogen) atoms. The van der Waals surface area contributed by atoms with Crippen molar-refractivity contribution in [1.82, 2.24) is 13.9 Å². The van der Waals surface area contributed by atoms with Gasteiger partial charge in [-0.3, -0.25) is 0 Å². The van der Waals surface area contributed by atoms with Crippen LogP contribution in [0.3, 0.4) is 0 Å². The van der Waals surface area contributed by atoms with E-state index in [2.05, 4.69) is 12.2 Å². The molecule has 1 aliphatic heterocycles. The highest BCUT2D eigenvalue weighted by Gasteiger charge is 2.36. The van der Waals surface area contributed by atoms with E-state index in [0.717, 1.165) is 24.2 Å². The molecule has 1 N–H and O–H groups in total. The number of rotatable bonds is 7. The van der Waals surface area contributed by atoms with Crippen LogP contribution in [-0.2, 0) is 10.2 Å². The topological polar surface area (TPSA) is 61.9 Å². The van der Waals surface area contributed by atoms with Crippen molar-refractivity contribution in [1.29, 1.82) is 0 Å². The lowest BCUT2D eigenvalue weighted by molar-refractivity contribution is 0.247. The minimum absolute atomic E-state index is 0. The number of benzene rings is 1. The van der Waals surface area contributed by atoms with E-state index in [1.165, 1.54) is 4.31 Å². The third kappa shape index (κ3) is 4.61. The Labute approximate surface area is 151 Å². The first-order valence-corrected chi connectivity index (χ1v) is 9.48. The third-order valence-corrected chi connectivity index (χ3v) is 6.21. The van der Waals surface area contributed by atoms with E-state index < -0.39 is 10.2 Å². The molecule has 8 heteroatoms. The van der Waals surface area contributed by atoms with E-state index in [1.54, 1.807) is 18.5 Å². The molecular formula is C16H28ClN3O3S. The summed E-state index contributed by atoms with van der Waals surface area (Å²) in [5.74, 6) is 0.720. The Kier molecular flexibility index (Phi) is 8.45. The van der Waals surface area contributed by atoms with E-state index >= 15 is 0 Å². The SMILES string of the molecule is CCCCN(C)S(=O)(=O)N1CCNCC1c1ccccc1OC.Cl. The number of nitrogens with one attached hydrogen (secondary N) is 1. The summed E-state index contributed by atoms with van der Waals surface area (Å²) in [5, 5.41) is 3.29. The molecule has 1 fully saturated rings. The molecule has 0 spiro atoms. The van der Waals surface area contributed by atoms with Crippen LogP contribution in [0.5, 0.6) is 5.75 Å². The molecule has 1 heterocycles. The van der Waals surface area contributed by atoms with Crippen molar-refractivity contribution < 1.29 is 13.2 Å². The van der Waals surface area contributed by atoms with Gasteiger partial charge in [-0.15, -0.1) is 12.4 Å². The molecule has 2 rings (SSSR count). The predicted octanol–water partition coefficient (Wildman–Crippen LogP) is 2.04. The van der Waals surface area contributed by atoms with Gasteiger partial charge in [0.1, 0.15) is 5.75 Å². The van der Waals surface area contributed by atoms with Gasteiger partial charge in [-0.2, -0.15) is 17.0 Å². The van der Waals surface area contributed by atoms with Gasteiger partial charge in [0, 0.05) is 38.8 Å². The van der Waals surface area contributed by atoms with E-state index in [-0.39, 0.29) is 18.4 Å². The molecule has 0 aliphatic carbocycles. The number of hydrogen-bond acceptors (Lipinski definition) is 4. The second-order valence-electron chi connectivity index (χ2n) is 5.76. The highest BCUT2D eigenvalue weighted by Crippen LogP contribution is 2.32. The van der Waals surface area contributed by atoms with E-state index in [4.69, 9.17) is 4.74 Å². The van der Waals surface area contributed by atoms with Gasteiger partial charge in [-0.25, -0.2) is 0 Å². The van der Waals surface area contributed by atoms with E-state index in [0.29, 0.717) is 26.2 Å². The quantitative estimate of drug-likeness (QED) is 0.789. The molecule has 1 aromatic rings. The van der Waals surface area contributed by atoms with Crippen LogP contribution in [0.1, 0.15) is 31.4 Å². The van der Waals surface area contributed by atoms with Crippen molar-refractivity contribution in [3.05, 3.63) is 29.8 Å². The van der Waals surface area contributed by atoms with Gasteiger partial charge in [0.2, 0.25) is 0 Å². The number of halogens is 1. The zero-order valence-corrected chi connectivity index (χ0v) is 16.2. The summed E-state index contributed by atoms with van der Waals surface area (Å²) in [7, 11) is -0.214. The van der Waals surface area contributed by atoms with Crippen molar-refractivity contribution in [3.8, 4) is 5.75 Å². The second kappa shape index (κ2) is 9.58. The fourth-order valence-electron chi connectivity index (χ4n) is 2.84. The van der Waals surface area contributed by atoms with Crippen LogP contribution in [0.25, 0.3) is 0 Å². The summed E-state index contributed by atoms with van der Waals surface area (Å²) in [6.07, 6.45) is 1.83. The van der Waals surface area contributed by atoms with Gasteiger partial charge in [-0.05, 0) is 12.5 Å². The van der Waals surface area contributed by atoms with Gasteiger partial charge < -0.3 is 10.1 Å². The number of nitrogens with zero attached hydrogens (tertiary/aromatic N) is 2. The monoisotopic (exact) mass is 377 g/mol. The molecule has 6 nitrogen and oxygen atoms in total. The summed E-state index contributed by atoms with van der Waals surface area (Å²) < 4.78 is 34.4. The lowest BCUT2D eigenvalue weighted by Gasteiger charge is -2.38. The van der Waals surface area contributed by atoms with Gasteiger partial charge >= 0.3 is 0 Å². The molecule has 0 saturated carbocycles. The molecule has 0 aromatic heterocycles. The normalized spacial score (nSPS) is 19.1. The fraction of sp³-hybridized carbons (Fsp3) is 0.625. The Morgan fingerprint density at radius 1 is 1.38 bits per heavy atom. The number of piperazine rings is 1. The smallest absolute Gasteiger partial charge is 0.282 e. The van der Waals surface area contributed by atoms with E-state index in [9.17, 15) is 8.42 Å². The van der Waals surface area contributed by atoms with Gasteiger partial charge in [0.15, 0.2) is 0 Å². The van der Waals surface area contributed by atoms with Crippen molar-refractivity contribution in [3.63, 3.8) is 0 Å². The molecule has 1 aromatic carbocycles. The summed E-state index contributed by atoms with van der Waals surface area (Å²) in [6, 6.07) is 7.36. The Morgan fingerprint density at radius 2 is 2.08 bits per heavy atom. The molecular weight excluding hydrogens is 350 g/mol. The molecule has 1 atom stereocenters. The van der Waals surface area contributed by atoms with Crippen LogP contribution in [-0.4, -0.2) is 57.4 Å². The highest BCUT2D eigenvalue weighted by atomic mass is 35.5. The largest absolute Gasteiger partial charge is 0.496 e. The van der Waals surface area contributed by atoms with Gasteiger partial charge in [-0.1, -0.05) is 31.5 Å². The average molecular weight is 378 g/mol. The number of unbranched alkanes of at least 4 members (excludes halogenated alkanes) is 1. The van der Waals surface area contributed by atoms with Crippen molar-refractivity contribution in [2.75, 3.05) is 40.3 Å². The zero-order chi connectivity index (χ0) is 16.9. The summed E-state index contributed by atoms with van der Waals surface area (Å²) in [5.41, 5.74) is 0.898. The summed E-state index contributed by atoms with van der Waals surface area (Å²) >= 11 is 0. The number of para-hydroxylation sites is 1. The fourth-order valence-corrected chi connectivity index (χ4v) is 4.39. The maximum absolute atomic E-state index is 13.0.